The second kappa shape index (κ2) is 8.30. The Balaban J connectivity index is 2.64. The Hall–Kier alpha value is -2.42. The number of hydrogen-bond acceptors (Lipinski definition) is 3. The average Bonchev–Trinajstić information content (AvgIpc) is 2.67. The summed E-state index contributed by atoms with van der Waals surface area (Å²) < 4.78 is 6.25. The van der Waals surface area contributed by atoms with Crippen molar-refractivity contribution >= 4 is 12.1 Å². The van der Waals surface area contributed by atoms with Gasteiger partial charge in [-0.2, -0.15) is 0 Å². The van der Waals surface area contributed by atoms with Crippen molar-refractivity contribution in [2.45, 2.75) is 72.1 Å². The van der Waals surface area contributed by atoms with Crippen molar-refractivity contribution in [3.05, 3.63) is 58.7 Å². The van der Waals surface area contributed by atoms with Crippen molar-refractivity contribution in [1.82, 2.24) is 0 Å². The van der Waals surface area contributed by atoms with Gasteiger partial charge in [-0.1, -0.05) is 65.8 Å². The van der Waals surface area contributed by atoms with Gasteiger partial charge in [0.25, 0.3) is 0 Å². The molecular weight excluding hydrogens is 348 g/mol. The fourth-order valence-electron chi connectivity index (χ4n) is 3.19. The highest BCUT2D eigenvalue weighted by Crippen LogP contribution is 2.40. The summed E-state index contributed by atoms with van der Waals surface area (Å²) in [5.74, 6) is 0.971. The van der Waals surface area contributed by atoms with Gasteiger partial charge < -0.3 is 4.74 Å². The Morgan fingerprint density at radius 2 is 1.61 bits per heavy atom. The molecule has 2 rings (SSSR count). The molecule has 0 spiro atoms. The van der Waals surface area contributed by atoms with E-state index in [0.717, 1.165) is 24.2 Å². The van der Waals surface area contributed by atoms with Gasteiger partial charge in [-0.05, 0) is 48.3 Å². The first-order chi connectivity index (χ1) is 13.1. The summed E-state index contributed by atoms with van der Waals surface area (Å²) in [6.45, 7) is 14.7. The van der Waals surface area contributed by atoms with Crippen LogP contribution in [0.25, 0.3) is 0 Å². The first-order valence-electron chi connectivity index (χ1n) is 9.99. The molecular formula is C25H32O3. The van der Waals surface area contributed by atoms with Crippen molar-refractivity contribution in [2.24, 2.45) is 0 Å². The maximum absolute atomic E-state index is 12.2. The van der Waals surface area contributed by atoms with E-state index in [4.69, 9.17) is 4.74 Å². The Morgan fingerprint density at radius 3 is 2.14 bits per heavy atom. The predicted molar refractivity (Wildman–Crippen MR) is 115 cm³/mol. The van der Waals surface area contributed by atoms with Crippen LogP contribution in [-0.2, 0) is 10.8 Å². The number of ketones is 1. The molecule has 0 amide bonds. The predicted octanol–water partition coefficient (Wildman–Crippen LogP) is 6.87. The molecule has 0 aliphatic carbocycles. The van der Waals surface area contributed by atoms with E-state index in [1.54, 1.807) is 18.2 Å². The summed E-state index contributed by atoms with van der Waals surface area (Å²) in [6.07, 6.45) is 2.69. The Labute approximate surface area is 169 Å². The van der Waals surface area contributed by atoms with Crippen LogP contribution in [0, 0.1) is 0 Å². The van der Waals surface area contributed by atoms with Crippen molar-refractivity contribution in [3.63, 3.8) is 0 Å². The molecule has 0 saturated heterocycles. The summed E-state index contributed by atoms with van der Waals surface area (Å²) in [5.41, 5.74) is 3.04. The van der Waals surface area contributed by atoms with Crippen LogP contribution in [0.3, 0.4) is 0 Å². The van der Waals surface area contributed by atoms with Crippen LogP contribution in [0.4, 0.5) is 0 Å². The summed E-state index contributed by atoms with van der Waals surface area (Å²) >= 11 is 0. The molecule has 0 heterocycles. The van der Waals surface area contributed by atoms with Crippen LogP contribution >= 0.6 is 0 Å². The minimum atomic E-state index is -0.183. The smallest absolute Gasteiger partial charge is 0.164 e. The van der Waals surface area contributed by atoms with Gasteiger partial charge in [0.15, 0.2) is 12.1 Å². The molecule has 0 aliphatic rings. The maximum Gasteiger partial charge on any atom is 0.164 e. The number of rotatable bonds is 8. The van der Waals surface area contributed by atoms with Gasteiger partial charge in [0.2, 0.25) is 0 Å². The maximum atomic E-state index is 12.2. The molecule has 28 heavy (non-hydrogen) atoms. The summed E-state index contributed by atoms with van der Waals surface area (Å²) in [7, 11) is 0. The summed E-state index contributed by atoms with van der Waals surface area (Å²) in [5, 5.41) is 0. The van der Waals surface area contributed by atoms with Gasteiger partial charge >= 0.3 is 0 Å². The van der Waals surface area contributed by atoms with Crippen LogP contribution < -0.4 is 4.74 Å². The first kappa shape index (κ1) is 21.9. The monoisotopic (exact) mass is 380 g/mol. The lowest BCUT2D eigenvalue weighted by Crippen LogP contribution is -2.21. The van der Waals surface area contributed by atoms with Gasteiger partial charge in [0.1, 0.15) is 11.5 Å². The van der Waals surface area contributed by atoms with Crippen LogP contribution in [0.1, 0.15) is 93.2 Å². The molecule has 150 valence electrons. The second-order valence-electron chi connectivity index (χ2n) is 8.68. The molecule has 0 aromatic heterocycles. The molecule has 0 radical (unpaired) electrons. The molecule has 3 heteroatoms. The van der Waals surface area contributed by atoms with E-state index in [1.807, 2.05) is 6.07 Å². The van der Waals surface area contributed by atoms with Crippen molar-refractivity contribution in [2.75, 3.05) is 0 Å². The van der Waals surface area contributed by atoms with Crippen LogP contribution in [0.15, 0.2) is 36.4 Å². The molecule has 0 bridgehead atoms. The van der Waals surface area contributed by atoms with Gasteiger partial charge in [0.05, 0.1) is 5.56 Å². The highest BCUT2D eigenvalue weighted by Gasteiger charge is 2.27. The largest absolute Gasteiger partial charge is 0.456 e. The molecule has 2 aromatic carbocycles. The third-order valence-corrected chi connectivity index (χ3v) is 6.02. The van der Waals surface area contributed by atoms with Crippen LogP contribution in [-0.4, -0.2) is 12.1 Å². The first-order valence-corrected chi connectivity index (χ1v) is 9.99. The number of hydrogen-bond donors (Lipinski definition) is 0. The quantitative estimate of drug-likeness (QED) is 0.371. The minimum absolute atomic E-state index is 0.0685. The Bertz CT molecular complexity index is 875. The minimum Gasteiger partial charge on any atom is -0.456 e. The van der Waals surface area contributed by atoms with Crippen LogP contribution in [0.5, 0.6) is 11.5 Å². The van der Waals surface area contributed by atoms with Gasteiger partial charge in [0, 0.05) is 11.1 Å². The van der Waals surface area contributed by atoms with Crippen molar-refractivity contribution in [3.8, 4) is 11.5 Å². The number of carbonyl (C=O) groups excluding carboxylic acids is 2. The van der Waals surface area contributed by atoms with E-state index < -0.39 is 0 Å². The second-order valence-corrected chi connectivity index (χ2v) is 8.68. The van der Waals surface area contributed by atoms with E-state index in [-0.39, 0.29) is 16.6 Å². The zero-order valence-corrected chi connectivity index (χ0v) is 18.2. The lowest BCUT2D eigenvalue weighted by Gasteiger charge is -2.30. The fourth-order valence-corrected chi connectivity index (χ4v) is 3.19. The van der Waals surface area contributed by atoms with E-state index in [9.17, 15) is 9.59 Å². The summed E-state index contributed by atoms with van der Waals surface area (Å²) in [4.78, 5) is 23.5. The van der Waals surface area contributed by atoms with Gasteiger partial charge in [-0.3, -0.25) is 9.59 Å². The number of ether oxygens (including phenoxy) is 1. The SMILES string of the molecule is CCC(C)(C)c1ccc(Oc2cccc(C=O)c2C(C)=O)c(C(C)(C)CC)c1. The summed E-state index contributed by atoms with van der Waals surface area (Å²) in [6, 6.07) is 11.5. The standard InChI is InChI=1S/C25H32O3/c1-8-24(4,5)19-13-14-21(20(15-19)25(6,7)9-2)28-22-12-10-11-18(16-26)23(22)17(3)27/h10-16H,8-9H2,1-7H3. The zero-order chi connectivity index (χ0) is 21.1. The molecule has 0 saturated carbocycles. The highest BCUT2D eigenvalue weighted by molar-refractivity contribution is 6.03. The average molecular weight is 381 g/mol. The molecule has 0 unspecified atom stereocenters. The van der Waals surface area contributed by atoms with Gasteiger partial charge in [-0.15, -0.1) is 0 Å². The molecule has 0 N–H and O–H groups in total. The van der Waals surface area contributed by atoms with Gasteiger partial charge in [-0.25, -0.2) is 0 Å². The van der Waals surface area contributed by atoms with E-state index in [2.05, 4.69) is 53.7 Å². The number of benzene rings is 2. The topological polar surface area (TPSA) is 43.4 Å². The zero-order valence-electron chi connectivity index (χ0n) is 18.2. The molecule has 0 aliphatic heterocycles. The fraction of sp³-hybridized carbons (Fsp3) is 0.440. The van der Waals surface area contributed by atoms with E-state index in [0.29, 0.717) is 23.2 Å². The Morgan fingerprint density at radius 1 is 0.964 bits per heavy atom. The molecule has 0 fully saturated rings. The molecule has 2 aromatic rings. The number of carbonyl (C=O) groups is 2. The van der Waals surface area contributed by atoms with Crippen molar-refractivity contribution in [1.29, 1.82) is 0 Å². The third-order valence-electron chi connectivity index (χ3n) is 6.02. The number of Topliss-reactive ketones (excluding diaryl/α,β-unsaturated/α-hetero) is 1. The lowest BCUT2D eigenvalue weighted by molar-refractivity contribution is 0.100. The van der Waals surface area contributed by atoms with E-state index >= 15 is 0 Å². The molecule has 0 atom stereocenters. The lowest BCUT2D eigenvalue weighted by atomic mass is 9.76. The van der Waals surface area contributed by atoms with E-state index in [1.165, 1.54) is 12.5 Å². The number of aldehydes is 1. The third kappa shape index (κ3) is 4.35. The van der Waals surface area contributed by atoms with Crippen molar-refractivity contribution < 1.29 is 14.3 Å². The normalized spacial score (nSPS) is 12.0. The van der Waals surface area contributed by atoms with Crippen LogP contribution in [0.2, 0.25) is 0 Å². The Kier molecular flexibility index (Phi) is 6.48. The molecule has 3 nitrogen and oxygen atoms in total. The highest BCUT2D eigenvalue weighted by atomic mass is 16.5.